The van der Waals surface area contributed by atoms with Crippen molar-refractivity contribution in [3.05, 3.63) is 51.2 Å². The van der Waals surface area contributed by atoms with Crippen molar-refractivity contribution in [1.29, 1.82) is 0 Å². The van der Waals surface area contributed by atoms with Crippen LogP contribution in [-0.4, -0.2) is 24.1 Å². The Balaban J connectivity index is 2.34. The van der Waals surface area contributed by atoms with Crippen molar-refractivity contribution in [3.63, 3.8) is 0 Å². The van der Waals surface area contributed by atoms with Gasteiger partial charge in [0.25, 0.3) is 5.91 Å². The van der Waals surface area contributed by atoms with Crippen LogP contribution in [0.4, 0.5) is 0 Å². The molecule has 1 unspecified atom stereocenters. The van der Waals surface area contributed by atoms with Gasteiger partial charge in [0.1, 0.15) is 5.75 Å². The van der Waals surface area contributed by atoms with E-state index in [4.69, 9.17) is 16.3 Å². The Labute approximate surface area is 142 Å². The minimum atomic E-state index is -1.08. The Morgan fingerprint density at radius 1 is 1.35 bits per heavy atom. The molecule has 0 saturated carbocycles. The zero-order valence-corrected chi connectivity index (χ0v) is 14.2. The van der Waals surface area contributed by atoms with E-state index in [0.29, 0.717) is 20.5 Å². The fraction of sp³-hybridized carbons (Fsp3) is 0.250. The lowest BCUT2D eigenvalue weighted by atomic mass is 9.88. The fourth-order valence-corrected chi connectivity index (χ4v) is 3.17. The largest absolute Gasteiger partial charge is 0.497 e. The van der Waals surface area contributed by atoms with Crippen LogP contribution >= 0.6 is 22.9 Å². The zero-order chi connectivity index (χ0) is 17.0. The SMILES string of the molecule is COc1cccc(C(C)(CC(=O)O)NC(=O)c2ccc(Cl)s2)c1. The Morgan fingerprint density at radius 2 is 2.09 bits per heavy atom. The summed E-state index contributed by atoms with van der Waals surface area (Å²) < 4.78 is 5.67. The number of hydrogen-bond donors (Lipinski definition) is 2. The molecular formula is C16H16ClNO4S. The molecule has 2 rings (SSSR count). The second-order valence-electron chi connectivity index (χ2n) is 5.19. The Kier molecular flexibility index (Phi) is 5.28. The number of methoxy groups -OCH3 is 1. The van der Waals surface area contributed by atoms with E-state index >= 15 is 0 Å². The molecule has 1 aromatic heterocycles. The molecule has 0 fully saturated rings. The van der Waals surface area contributed by atoms with Crippen LogP contribution in [0.5, 0.6) is 5.75 Å². The standard InChI is InChI=1S/C16H16ClNO4S/c1-16(9-14(19)20,10-4-3-5-11(8-10)22-2)18-15(21)12-6-7-13(17)23-12/h3-8H,9H2,1-2H3,(H,18,21)(H,19,20). The number of nitrogens with one attached hydrogen (secondary N) is 1. The summed E-state index contributed by atoms with van der Waals surface area (Å²) in [4.78, 5) is 24.1. The zero-order valence-electron chi connectivity index (χ0n) is 12.6. The summed E-state index contributed by atoms with van der Waals surface area (Å²) in [5.41, 5.74) is -0.427. The van der Waals surface area contributed by atoms with E-state index in [2.05, 4.69) is 5.32 Å². The average Bonchev–Trinajstić information content (AvgIpc) is 2.93. The van der Waals surface area contributed by atoms with Crippen molar-refractivity contribution in [1.82, 2.24) is 5.32 Å². The number of aliphatic carboxylic acids is 1. The van der Waals surface area contributed by atoms with E-state index in [0.717, 1.165) is 11.3 Å². The van der Waals surface area contributed by atoms with Crippen LogP contribution in [-0.2, 0) is 10.3 Å². The number of carboxylic acid groups (broad SMARTS) is 1. The molecule has 0 radical (unpaired) electrons. The molecule has 122 valence electrons. The van der Waals surface area contributed by atoms with Gasteiger partial charge in [-0.1, -0.05) is 23.7 Å². The first-order valence-corrected chi connectivity index (χ1v) is 7.98. The van der Waals surface area contributed by atoms with Crippen molar-refractivity contribution in [2.45, 2.75) is 18.9 Å². The maximum Gasteiger partial charge on any atom is 0.306 e. The molecular weight excluding hydrogens is 338 g/mol. The second kappa shape index (κ2) is 7.02. The molecule has 1 aromatic carbocycles. The molecule has 0 aliphatic rings. The number of thiophene rings is 1. The highest BCUT2D eigenvalue weighted by molar-refractivity contribution is 7.18. The monoisotopic (exact) mass is 353 g/mol. The van der Waals surface area contributed by atoms with Crippen molar-refractivity contribution < 1.29 is 19.4 Å². The number of benzene rings is 1. The lowest BCUT2D eigenvalue weighted by molar-refractivity contribution is -0.138. The van der Waals surface area contributed by atoms with Crippen LogP contribution in [0.2, 0.25) is 4.34 Å². The molecule has 0 spiro atoms. The van der Waals surface area contributed by atoms with E-state index in [1.165, 1.54) is 7.11 Å². The first kappa shape index (κ1) is 17.3. The highest BCUT2D eigenvalue weighted by Gasteiger charge is 2.32. The van der Waals surface area contributed by atoms with Crippen LogP contribution in [0.1, 0.15) is 28.6 Å². The smallest absolute Gasteiger partial charge is 0.306 e. The minimum Gasteiger partial charge on any atom is -0.497 e. The summed E-state index contributed by atoms with van der Waals surface area (Å²) in [7, 11) is 1.53. The molecule has 0 aliphatic heterocycles. The number of carbonyl (C=O) groups excluding carboxylic acids is 1. The van der Waals surface area contributed by atoms with Gasteiger partial charge < -0.3 is 15.2 Å². The third-order valence-corrected chi connectivity index (χ3v) is 4.63. The van der Waals surface area contributed by atoms with Crippen LogP contribution in [0, 0.1) is 0 Å². The maximum atomic E-state index is 12.4. The van der Waals surface area contributed by atoms with Crippen molar-refractivity contribution in [2.75, 3.05) is 7.11 Å². The minimum absolute atomic E-state index is 0.259. The molecule has 7 heteroatoms. The van der Waals surface area contributed by atoms with Gasteiger partial charge in [-0.2, -0.15) is 0 Å². The highest BCUT2D eigenvalue weighted by Crippen LogP contribution is 2.29. The van der Waals surface area contributed by atoms with Gasteiger partial charge in [0.05, 0.1) is 28.3 Å². The predicted octanol–water partition coefficient (Wildman–Crippen LogP) is 3.53. The number of amides is 1. The Morgan fingerprint density at radius 3 is 2.65 bits per heavy atom. The molecule has 1 heterocycles. The quantitative estimate of drug-likeness (QED) is 0.833. The summed E-state index contributed by atoms with van der Waals surface area (Å²) in [5, 5.41) is 12.0. The van der Waals surface area contributed by atoms with Crippen LogP contribution in [0.3, 0.4) is 0 Å². The number of carboxylic acids is 1. The molecule has 0 aliphatic carbocycles. The first-order chi connectivity index (χ1) is 10.8. The number of hydrogen-bond acceptors (Lipinski definition) is 4. The lowest BCUT2D eigenvalue weighted by Crippen LogP contribution is -2.44. The van der Waals surface area contributed by atoms with Gasteiger partial charge in [-0.3, -0.25) is 9.59 Å². The number of halogens is 1. The van der Waals surface area contributed by atoms with Gasteiger partial charge in [0, 0.05) is 0 Å². The second-order valence-corrected chi connectivity index (χ2v) is 6.91. The third kappa shape index (κ3) is 4.24. The van der Waals surface area contributed by atoms with Crippen LogP contribution in [0.15, 0.2) is 36.4 Å². The number of carbonyl (C=O) groups is 2. The summed E-state index contributed by atoms with van der Waals surface area (Å²) in [6.07, 6.45) is -0.259. The van der Waals surface area contributed by atoms with E-state index in [9.17, 15) is 14.7 Å². The molecule has 23 heavy (non-hydrogen) atoms. The first-order valence-electron chi connectivity index (χ1n) is 6.78. The summed E-state index contributed by atoms with van der Waals surface area (Å²) in [5.74, 6) is -0.791. The molecule has 1 amide bonds. The van der Waals surface area contributed by atoms with E-state index < -0.39 is 11.5 Å². The molecule has 2 aromatic rings. The molecule has 2 N–H and O–H groups in total. The average molecular weight is 354 g/mol. The lowest BCUT2D eigenvalue weighted by Gasteiger charge is -2.30. The van der Waals surface area contributed by atoms with E-state index in [1.807, 2.05) is 0 Å². The van der Waals surface area contributed by atoms with Crippen molar-refractivity contribution >= 4 is 34.8 Å². The van der Waals surface area contributed by atoms with Gasteiger partial charge in [-0.05, 0) is 36.8 Å². The van der Waals surface area contributed by atoms with E-state index in [1.54, 1.807) is 43.3 Å². The van der Waals surface area contributed by atoms with Gasteiger partial charge in [0.15, 0.2) is 0 Å². The van der Waals surface area contributed by atoms with Gasteiger partial charge in [-0.15, -0.1) is 11.3 Å². The molecule has 1 atom stereocenters. The normalized spacial score (nSPS) is 13.2. The predicted molar refractivity (Wildman–Crippen MR) is 89.4 cm³/mol. The Bertz CT molecular complexity index is 730. The maximum absolute atomic E-state index is 12.4. The van der Waals surface area contributed by atoms with Crippen LogP contribution < -0.4 is 10.1 Å². The fourth-order valence-electron chi connectivity index (χ4n) is 2.24. The molecule has 5 nitrogen and oxygen atoms in total. The van der Waals surface area contributed by atoms with Crippen molar-refractivity contribution in [2.24, 2.45) is 0 Å². The summed E-state index contributed by atoms with van der Waals surface area (Å²) in [6, 6.07) is 10.2. The van der Waals surface area contributed by atoms with Gasteiger partial charge in [0.2, 0.25) is 0 Å². The molecule has 0 bridgehead atoms. The van der Waals surface area contributed by atoms with E-state index in [-0.39, 0.29) is 12.3 Å². The van der Waals surface area contributed by atoms with Gasteiger partial charge >= 0.3 is 5.97 Å². The highest BCUT2D eigenvalue weighted by atomic mass is 35.5. The van der Waals surface area contributed by atoms with Crippen molar-refractivity contribution in [3.8, 4) is 5.75 Å². The van der Waals surface area contributed by atoms with Gasteiger partial charge in [-0.25, -0.2) is 0 Å². The summed E-state index contributed by atoms with van der Waals surface area (Å²) >= 11 is 6.98. The van der Waals surface area contributed by atoms with Crippen LogP contribution in [0.25, 0.3) is 0 Å². The Hall–Kier alpha value is -2.05. The topological polar surface area (TPSA) is 75.6 Å². The number of rotatable bonds is 6. The summed E-state index contributed by atoms with van der Waals surface area (Å²) in [6.45, 7) is 1.67. The molecule has 0 saturated heterocycles. The number of ether oxygens (including phenoxy) is 1. The third-order valence-electron chi connectivity index (χ3n) is 3.40.